The van der Waals surface area contributed by atoms with E-state index < -0.39 is 0 Å². The highest BCUT2D eigenvalue weighted by Gasteiger charge is 2.22. The maximum absolute atomic E-state index is 5.98. The van der Waals surface area contributed by atoms with Crippen LogP contribution in [-0.4, -0.2) is 33.1 Å². The number of unbranched alkanes of at least 4 members (excludes halogenated alkanes) is 28. The first kappa shape index (κ1) is 69.0. The number of ether oxygens (including phenoxy) is 2. The molecule has 82 heavy (non-hydrogen) atoms. The van der Waals surface area contributed by atoms with Crippen LogP contribution in [0.4, 0.5) is 0 Å². The SMILES string of the molecule is CCCCCCCCCCCCOc1ccc(-c2ncc(CCC3CCC(CCCCCCC)CC3)cn2)cc1.CCCCCCCCCCCCOc1ccc(-c2ncc(CCC3CCC(CCCCCCCCC)CC3)cn2)cc1. The monoisotopic (exact) mass is 1120 g/mol. The van der Waals surface area contributed by atoms with Gasteiger partial charge in [0, 0.05) is 35.9 Å². The zero-order valence-corrected chi connectivity index (χ0v) is 53.8. The number of aromatic nitrogens is 4. The van der Waals surface area contributed by atoms with Crippen LogP contribution in [-0.2, 0) is 12.8 Å². The third-order valence-corrected chi connectivity index (χ3v) is 18.7. The predicted octanol–water partition coefficient (Wildman–Crippen LogP) is 23.9. The van der Waals surface area contributed by atoms with Crippen LogP contribution < -0.4 is 9.47 Å². The smallest absolute Gasteiger partial charge is 0.159 e. The lowest BCUT2D eigenvalue weighted by Crippen LogP contribution is -2.15. The molecule has 2 aromatic heterocycles. The van der Waals surface area contributed by atoms with Crippen molar-refractivity contribution in [3.8, 4) is 34.3 Å². The number of hydrogen-bond donors (Lipinski definition) is 0. The van der Waals surface area contributed by atoms with Crippen molar-refractivity contribution in [2.75, 3.05) is 13.2 Å². The fourth-order valence-electron chi connectivity index (χ4n) is 13.0. The van der Waals surface area contributed by atoms with Crippen molar-refractivity contribution in [2.24, 2.45) is 23.7 Å². The molecule has 2 saturated carbocycles. The molecule has 2 aliphatic carbocycles. The van der Waals surface area contributed by atoms with E-state index in [1.54, 1.807) is 0 Å². The molecule has 460 valence electrons. The van der Waals surface area contributed by atoms with Gasteiger partial charge in [-0.05, 0) is 122 Å². The van der Waals surface area contributed by atoms with Crippen LogP contribution in [0.25, 0.3) is 22.8 Å². The van der Waals surface area contributed by atoms with E-state index >= 15 is 0 Å². The molecule has 0 saturated heterocycles. The first-order valence-corrected chi connectivity index (χ1v) is 35.6. The fraction of sp³-hybridized carbons (Fsp3) is 0.737. The maximum atomic E-state index is 5.98. The molecule has 6 heteroatoms. The van der Waals surface area contributed by atoms with Gasteiger partial charge in [-0.3, -0.25) is 0 Å². The molecule has 4 aromatic rings. The summed E-state index contributed by atoms with van der Waals surface area (Å²) >= 11 is 0. The van der Waals surface area contributed by atoms with Crippen molar-refractivity contribution in [1.29, 1.82) is 0 Å². The zero-order chi connectivity index (χ0) is 57.6. The topological polar surface area (TPSA) is 70.0 Å². The molecule has 2 aliphatic rings. The summed E-state index contributed by atoms with van der Waals surface area (Å²) in [6.45, 7) is 10.8. The minimum atomic E-state index is 0.807. The van der Waals surface area contributed by atoms with Crippen molar-refractivity contribution in [3.63, 3.8) is 0 Å². The van der Waals surface area contributed by atoms with Gasteiger partial charge in [-0.25, -0.2) is 19.9 Å². The van der Waals surface area contributed by atoms with E-state index in [2.05, 4.69) is 86.2 Å². The Morgan fingerprint density at radius 2 is 0.537 bits per heavy atom. The van der Waals surface area contributed by atoms with Crippen molar-refractivity contribution in [3.05, 3.63) is 84.4 Å². The third-order valence-electron chi connectivity index (χ3n) is 18.7. The molecule has 2 heterocycles. The molecule has 6 rings (SSSR count). The fourth-order valence-corrected chi connectivity index (χ4v) is 13.0. The second kappa shape index (κ2) is 46.5. The van der Waals surface area contributed by atoms with Crippen LogP contribution in [0.2, 0.25) is 0 Å². The van der Waals surface area contributed by atoms with Crippen LogP contribution in [0.3, 0.4) is 0 Å². The molecule has 0 atom stereocenters. The van der Waals surface area contributed by atoms with Gasteiger partial charge in [0.05, 0.1) is 13.2 Å². The molecule has 2 aromatic carbocycles. The number of hydrogen-bond acceptors (Lipinski definition) is 6. The number of aryl methyl sites for hydroxylation is 2. The lowest BCUT2D eigenvalue weighted by atomic mass is 9.78. The van der Waals surface area contributed by atoms with Crippen molar-refractivity contribution in [1.82, 2.24) is 19.9 Å². The number of rotatable bonds is 46. The predicted molar refractivity (Wildman–Crippen MR) is 353 cm³/mol. The second-order valence-corrected chi connectivity index (χ2v) is 25.9. The third kappa shape index (κ3) is 31.9. The summed E-state index contributed by atoms with van der Waals surface area (Å²) in [5.74, 6) is 7.29. The minimum absolute atomic E-state index is 0.807. The maximum Gasteiger partial charge on any atom is 0.159 e. The van der Waals surface area contributed by atoms with E-state index in [-0.39, 0.29) is 0 Å². The first-order valence-electron chi connectivity index (χ1n) is 35.6. The Morgan fingerprint density at radius 3 is 0.817 bits per heavy atom. The normalized spacial score (nSPS) is 17.1. The van der Waals surface area contributed by atoms with Crippen molar-refractivity contribution >= 4 is 0 Å². The number of benzene rings is 2. The Bertz CT molecular complexity index is 2040. The summed E-state index contributed by atoms with van der Waals surface area (Å²) in [6.07, 6.45) is 71.6. The Morgan fingerprint density at radius 1 is 0.293 bits per heavy atom. The largest absolute Gasteiger partial charge is 0.494 e. The quantitative estimate of drug-likeness (QED) is 0.0411. The van der Waals surface area contributed by atoms with Crippen molar-refractivity contribution < 1.29 is 9.47 Å². The summed E-state index contributed by atoms with van der Waals surface area (Å²) in [6, 6.07) is 16.6. The molecular formula is C76H124N4O2. The van der Waals surface area contributed by atoms with E-state index in [1.165, 1.54) is 281 Å². The standard InChI is InChI=1S/C39H64N2O.C37H60N2O/c1-3-5-7-9-11-12-13-15-17-19-31-42-38-29-27-37(28-30-38)39-40-32-36(33-41-39)26-25-35-23-21-34(22-24-35)20-18-16-14-10-8-6-4-2;1-3-5-7-9-10-11-12-13-15-17-29-40-36-27-25-35(26-28-36)37-38-30-34(31-39-37)24-23-33-21-19-32(20-22-33)18-16-14-8-6-4-2/h27-30,32-35H,3-26,31H2,1-2H3;25-28,30-33H,3-24,29H2,1-2H3. The molecule has 0 radical (unpaired) electrons. The first-order chi connectivity index (χ1) is 40.6. The van der Waals surface area contributed by atoms with Gasteiger partial charge in [-0.2, -0.15) is 0 Å². The van der Waals surface area contributed by atoms with Gasteiger partial charge in [0.2, 0.25) is 0 Å². The van der Waals surface area contributed by atoms with Gasteiger partial charge in [0.25, 0.3) is 0 Å². The summed E-state index contributed by atoms with van der Waals surface area (Å²) < 4.78 is 12.0. The van der Waals surface area contributed by atoms with Crippen LogP contribution in [0.15, 0.2) is 73.3 Å². The average Bonchev–Trinajstić information content (AvgIpc) is 3.54. The molecule has 0 spiro atoms. The lowest BCUT2D eigenvalue weighted by Gasteiger charge is -2.28. The van der Waals surface area contributed by atoms with E-state index in [0.29, 0.717) is 0 Å². The summed E-state index contributed by atoms with van der Waals surface area (Å²) in [7, 11) is 0. The van der Waals surface area contributed by atoms with E-state index in [1.807, 2.05) is 24.8 Å². The Kier molecular flexibility index (Phi) is 39.1. The number of nitrogens with zero attached hydrogens (tertiary/aromatic N) is 4. The molecule has 6 nitrogen and oxygen atoms in total. The summed E-state index contributed by atoms with van der Waals surface area (Å²) in [4.78, 5) is 18.8. The van der Waals surface area contributed by atoms with Gasteiger partial charge >= 0.3 is 0 Å². The zero-order valence-electron chi connectivity index (χ0n) is 53.8. The van der Waals surface area contributed by atoms with Gasteiger partial charge in [0.1, 0.15) is 11.5 Å². The van der Waals surface area contributed by atoms with E-state index in [9.17, 15) is 0 Å². The van der Waals surface area contributed by atoms with E-state index in [0.717, 1.165) is 96.8 Å². The van der Waals surface area contributed by atoms with Gasteiger partial charge in [-0.15, -0.1) is 0 Å². The highest BCUT2D eigenvalue weighted by molar-refractivity contribution is 5.56. The Hall–Kier alpha value is -3.80. The molecule has 2 fully saturated rings. The highest BCUT2D eigenvalue weighted by atomic mass is 16.5. The van der Waals surface area contributed by atoms with Gasteiger partial charge in [-0.1, -0.05) is 285 Å². The molecule has 0 N–H and O–H groups in total. The van der Waals surface area contributed by atoms with Crippen LogP contribution >= 0.6 is 0 Å². The Labute approximate surface area is 505 Å². The molecule has 0 unspecified atom stereocenters. The molecule has 0 bridgehead atoms. The van der Waals surface area contributed by atoms with Crippen LogP contribution in [0.5, 0.6) is 11.5 Å². The molecule has 0 amide bonds. The minimum Gasteiger partial charge on any atom is -0.494 e. The van der Waals surface area contributed by atoms with Gasteiger partial charge in [0.15, 0.2) is 11.6 Å². The second-order valence-electron chi connectivity index (χ2n) is 25.9. The molecular weight excluding hydrogens is 1000 g/mol. The van der Waals surface area contributed by atoms with Crippen molar-refractivity contribution in [2.45, 2.75) is 323 Å². The summed E-state index contributed by atoms with van der Waals surface area (Å²) in [5, 5.41) is 0. The summed E-state index contributed by atoms with van der Waals surface area (Å²) in [5.41, 5.74) is 4.68. The van der Waals surface area contributed by atoms with E-state index in [4.69, 9.17) is 19.4 Å². The highest BCUT2D eigenvalue weighted by Crippen LogP contribution is 2.36. The average molecular weight is 1130 g/mol. The lowest BCUT2D eigenvalue weighted by molar-refractivity contribution is 0.248. The van der Waals surface area contributed by atoms with Crippen LogP contribution in [0, 0.1) is 23.7 Å². The molecule has 0 aliphatic heterocycles. The van der Waals surface area contributed by atoms with Crippen LogP contribution in [0.1, 0.15) is 321 Å². The Balaban J connectivity index is 0.000000301. The van der Waals surface area contributed by atoms with Gasteiger partial charge < -0.3 is 9.47 Å².